The summed E-state index contributed by atoms with van der Waals surface area (Å²) in [7, 11) is 1.73. The Hall–Kier alpha value is -2.10. The van der Waals surface area contributed by atoms with Gasteiger partial charge in [-0.3, -0.25) is 4.79 Å². The van der Waals surface area contributed by atoms with Gasteiger partial charge in [-0.15, -0.1) is 5.10 Å². The predicted octanol–water partition coefficient (Wildman–Crippen LogP) is 0.386. The molecule has 2 aromatic rings. The molecular weight excluding hydrogens is 348 g/mol. The van der Waals surface area contributed by atoms with E-state index in [2.05, 4.69) is 20.0 Å². The largest absolute Gasteiger partial charge is 0.383 e. The minimum atomic E-state index is -0.258. The number of hydrogen-bond acceptors (Lipinski definition) is 7. The molecule has 2 saturated heterocycles. The van der Waals surface area contributed by atoms with Crippen LogP contribution in [0, 0.1) is 6.92 Å². The highest BCUT2D eigenvalue weighted by Gasteiger charge is 2.41. The summed E-state index contributed by atoms with van der Waals surface area (Å²) >= 11 is 0. The molecule has 0 N–H and O–H groups in total. The molecule has 4 rings (SSSR count). The number of aromatic nitrogens is 4. The zero-order chi connectivity index (χ0) is 18.9. The Kier molecular flexibility index (Phi) is 5.07. The first-order chi connectivity index (χ1) is 13.1. The number of morpholine rings is 1. The predicted molar refractivity (Wildman–Crippen MR) is 97.7 cm³/mol. The topological polar surface area (TPSA) is 85.1 Å². The summed E-state index contributed by atoms with van der Waals surface area (Å²) in [4.78, 5) is 25.7. The highest BCUT2D eigenvalue weighted by atomic mass is 16.5. The Morgan fingerprint density at radius 1 is 1.33 bits per heavy atom. The van der Waals surface area contributed by atoms with Crippen molar-refractivity contribution in [1.29, 1.82) is 0 Å². The smallest absolute Gasteiger partial charge is 0.293 e. The minimum absolute atomic E-state index is 0.150. The number of carbonyl (C=O) groups is 1. The molecule has 2 aliphatic rings. The van der Waals surface area contributed by atoms with E-state index in [1.54, 1.807) is 17.8 Å². The van der Waals surface area contributed by atoms with Crippen LogP contribution in [0.15, 0.2) is 12.4 Å². The minimum Gasteiger partial charge on any atom is -0.383 e. The second kappa shape index (κ2) is 7.49. The van der Waals surface area contributed by atoms with E-state index in [9.17, 15) is 4.79 Å². The molecule has 146 valence electrons. The number of rotatable bonds is 4. The standard InChI is InChI=1S/C18H26N6O3/c1-14-11-19-17-20-15(21-24(17)12-14)16(25)23-8-10-27-18(13-23)3-5-22(6-4-18)7-9-26-2/h11-12H,3-10,13H2,1-2H3. The Balaban J connectivity index is 1.44. The molecule has 1 spiro atoms. The van der Waals surface area contributed by atoms with Gasteiger partial charge in [0.15, 0.2) is 0 Å². The number of likely N-dealkylation sites (tertiary alicyclic amines) is 1. The van der Waals surface area contributed by atoms with Gasteiger partial charge >= 0.3 is 0 Å². The van der Waals surface area contributed by atoms with Crippen LogP contribution in [0.2, 0.25) is 0 Å². The lowest BCUT2D eigenvalue weighted by Gasteiger charge is -2.47. The number of amides is 1. The van der Waals surface area contributed by atoms with Gasteiger partial charge in [0.1, 0.15) is 0 Å². The number of carbonyl (C=O) groups excluding carboxylic acids is 1. The second-order valence-corrected chi connectivity index (χ2v) is 7.40. The summed E-state index contributed by atoms with van der Waals surface area (Å²) in [5.74, 6) is 0.490. The van der Waals surface area contributed by atoms with Crippen LogP contribution >= 0.6 is 0 Å². The van der Waals surface area contributed by atoms with Gasteiger partial charge in [0.25, 0.3) is 11.7 Å². The molecule has 9 nitrogen and oxygen atoms in total. The Bertz CT molecular complexity index is 815. The molecule has 1 amide bonds. The summed E-state index contributed by atoms with van der Waals surface area (Å²) in [6.07, 6.45) is 5.38. The fourth-order valence-electron chi connectivity index (χ4n) is 3.83. The third kappa shape index (κ3) is 3.80. The summed E-state index contributed by atoms with van der Waals surface area (Å²) in [5.41, 5.74) is 0.711. The van der Waals surface area contributed by atoms with Crippen LogP contribution < -0.4 is 0 Å². The molecule has 0 aromatic carbocycles. The van der Waals surface area contributed by atoms with Crippen molar-refractivity contribution in [3.8, 4) is 0 Å². The third-order valence-electron chi connectivity index (χ3n) is 5.43. The Morgan fingerprint density at radius 2 is 2.15 bits per heavy atom. The lowest BCUT2D eigenvalue weighted by molar-refractivity contribution is -0.128. The summed E-state index contributed by atoms with van der Waals surface area (Å²) in [6.45, 7) is 7.23. The van der Waals surface area contributed by atoms with Gasteiger partial charge in [-0.2, -0.15) is 4.98 Å². The Morgan fingerprint density at radius 3 is 2.93 bits per heavy atom. The molecule has 2 aliphatic heterocycles. The maximum absolute atomic E-state index is 13.0. The molecule has 0 aliphatic carbocycles. The van der Waals surface area contributed by atoms with E-state index in [4.69, 9.17) is 9.47 Å². The third-order valence-corrected chi connectivity index (χ3v) is 5.43. The van der Waals surface area contributed by atoms with Crippen molar-refractivity contribution in [2.45, 2.75) is 25.4 Å². The van der Waals surface area contributed by atoms with Crippen LogP contribution in [0.25, 0.3) is 5.78 Å². The molecule has 4 heterocycles. The quantitative estimate of drug-likeness (QED) is 0.765. The zero-order valence-electron chi connectivity index (χ0n) is 15.9. The lowest BCUT2D eigenvalue weighted by Crippen LogP contribution is -2.58. The number of methoxy groups -OCH3 is 1. The maximum atomic E-state index is 13.0. The molecule has 0 atom stereocenters. The molecule has 0 bridgehead atoms. The first-order valence-electron chi connectivity index (χ1n) is 9.42. The fourth-order valence-corrected chi connectivity index (χ4v) is 3.83. The maximum Gasteiger partial charge on any atom is 0.293 e. The van der Waals surface area contributed by atoms with E-state index in [0.717, 1.165) is 44.6 Å². The first kappa shape index (κ1) is 18.3. The van der Waals surface area contributed by atoms with Gasteiger partial charge in [0, 0.05) is 45.7 Å². The van der Waals surface area contributed by atoms with Crippen LogP contribution in [-0.4, -0.2) is 93.9 Å². The molecular formula is C18H26N6O3. The average Bonchev–Trinajstić information content (AvgIpc) is 3.10. The van der Waals surface area contributed by atoms with Crippen molar-refractivity contribution in [2.75, 3.05) is 53.0 Å². The second-order valence-electron chi connectivity index (χ2n) is 7.40. The van der Waals surface area contributed by atoms with Crippen LogP contribution in [0.3, 0.4) is 0 Å². The van der Waals surface area contributed by atoms with Crippen molar-refractivity contribution in [2.24, 2.45) is 0 Å². The van der Waals surface area contributed by atoms with Gasteiger partial charge in [0.05, 0.1) is 25.4 Å². The van der Waals surface area contributed by atoms with Crippen LogP contribution in [0.4, 0.5) is 0 Å². The Labute approximate surface area is 158 Å². The zero-order valence-corrected chi connectivity index (χ0v) is 15.9. The molecule has 0 saturated carbocycles. The highest BCUT2D eigenvalue weighted by molar-refractivity contribution is 5.91. The van der Waals surface area contributed by atoms with Gasteiger partial charge in [-0.05, 0) is 25.3 Å². The first-order valence-corrected chi connectivity index (χ1v) is 9.42. The summed E-state index contributed by atoms with van der Waals surface area (Å²) < 4.78 is 12.9. The van der Waals surface area contributed by atoms with Gasteiger partial charge in [-0.1, -0.05) is 0 Å². The van der Waals surface area contributed by atoms with Crippen LogP contribution in [0.1, 0.15) is 29.0 Å². The van der Waals surface area contributed by atoms with Crippen LogP contribution in [-0.2, 0) is 9.47 Å². The molecule has 0 radical (unpaired) electrons. The normalized spacial score (nSPS) is 20.4. The van der Waals surface area contributed by atoms with Gasteiger partial charge < -0.3 is 19.3 Å². The van der Waals surface area contributed by atoms with E-state index in [-0.39, 0.29) is 17.3 Å². The van der Waals surface area contributed by atoms with Crippen molar-refractivity contribution >= 4 is 11.7 Å². The lowest BCUT2D eigenvalue weighted by atomic mass is 9.89. The molecule has 27 heavy (non-hydrogen) atoms. The SMILES string of the molecule is COCCN1CCC2(CC1)CN(C(=O)c1nc3ncc(C)cn3n1)CCO2. The van der Waals surface area contributed by atoms with Crippen LogP contribution in [0.5, 0.6) is 0 Å². The van der Waals surface area contributed by atoms with Gasteiger partial charge in [-0.25, -0.2) is 9.50 Å². The monoisotopic (exact) mass is 374 g/mol. The summed E-state index contributed by atoms with van der Waals surface area (Å²) in [6, 6.07) is 0. The van der Waals surface area contributed by atoms with E-state index < -0.39 is 0 Å². The average molecular weight is 374 g/mol. The van der Waals surface area contributed by atoms with Crippen molar-refractivity contribution in [3.05, 3.63) is 23.8 Å². The highest BCUT2D eigenvalue weighted by Crippen LogP contribution is 2.30. The number of piperidine rings is 1. The molecule has 0 unspecified atom stereocenters. The molecule has 2 fully saturated rings. The number of aryl methyl sites for hydroxylation is 1. The van der Waals surface area contributed by atoms with Crippen molar-refractivity contribution in [1.82, 2.24) is 29.4 Å². The van der Waals surface area contributed by atoms with E-state index in [0.29, 0.717) is 25.5 Å². The number of fused-ring (bicyclic) bond motifs is 1. The number of ether oxygens (including phenoxy) is 2. The van der Waals surface area contributed by atoms with E-state index >= 15 is 0 Å². The molecule has 2 aromatic heterocycles. The van der Waals surface area contributed by atoms with Gasteiger partial charge in [0.2, 0.25) is 5.82 Å². The van der Waals surface area contributed by atoms with Crippen molar-refractivity contribution in [3.63, 3.8) is 0 Å². The van der Waals surface area contributed by atoms with E-state index in [1.807, 2.05) is 18.0 Å². The van der Waals surface area contributed by atoms with E-state index in [1.165, 1.54) is 0 Å². The molecule has 9 heteroatoms. The fraction of sp³-hybridized carbons (Fsp3) is 0.667. The van der Waals surface area contributed by atoms with Crippen molar-refractivity contribution < 1.29 is 14.3 Å². The number of nitrogens with zero attached hydrogens (tertiary/aromatic N) is 6. The summed E-state index contributed by atoms with van der Waals surface area (Å²) in [5, 5.41) is 4.32. The number of hydrogen-bond donors (Lipinski definition) is 0.